The minimum atomic E-state index is -1.68. The molecule has 0 bridgehead atoms. The molecule has 0 rings (SSSR count). The van der Waals surface area contributed by atoms with Gasteiger partial charge in [-0.1, -0.05) is 0 Å². The Labute approximate surface area is 117 Å². The summed E-state index contributed by atoms with van der Waals surface area (Å²) in [6, 6.07) is 0. The van der Waals surface area contributed by atoms with E-state index in [2.05, 4.69) is 0 Å². The van der Waals surface area contributed by atoms with E-state index in [0.717, 1.165) is 0 Å². The van der Waals surface area contributed by atoms with Crippen molar-refractivity contribution in [2.24, 2.45) is 0 Å². The Morgan fingerprint density at radius 2 is 1.40 bits per heavy atom. The van der Waals surface area contributed by atoms with Crippen LogP contribution in [0.4, 0.5) is 0 Å². The molecule has 0 heterocycles. The van der Waals surface area contributed by atoms with E-state index < -0.39 is 49.3 Å². The van der Waals surface area contributed by atoms with Gasteiger partial charge in [0.05, 0.1) is 18.8 Å². The van der Waals surface area contributed by atoms with Crippen LogP contribution in [0.15, 0.2) is 0 Å². The molecule has 0 aliphatic heterocycles. The molecule has 8 heteroatoms. The van der Waals surface area contributed by atoms with Gasteiger partial charge in [-0.2, -0.15) is 0 Å². The van der Waals surface area contributed by atoms with Crippen LogP contribution >= 0.6 is 0 Å². The first-order valence-corrected chi connectivity index (χ1v) is 6.21. The third kappa shape index (κ3) is 6.80. The maximum absolute atomic E-state index is 11.1. The number of carboxylic acid groups (broad SMARTS) is 2. The van der Waals surface area contributed by atoms with Crippen molar-refractivity contribution in [2.75, 3.05) is 6.61 Å². The average molecular weight is 294 g/mol. The molecule has 0 saturated carbocycles. The summed E-state index contributed by atoms with van der Waals surface area (Å²) in [6.45, 7) is 5.72. The van der Waals surface area contributed by atoms with Gasteiger partial charge in [0.1, 0.15) is 6.10 Å². The second-order valence-electron chi connectivity index (χ2n) is 4.66. The fraction of sp³-hybridized carbons (Fsp3) is 0.833. The van der Waals surface area contributed by atoms with Crippen molar-refractivity contribution in [1.82, 2.24) is 0 Å². The van der Waals surface area contributed by atoms with Crippen molar-refractivity contribution in [1.29, 1.82) is 0 Å². The Kier molecular flexibility index (Phi) is 8.31. The maximum Gasteiger partial charge on any atom is 0.361 e. The largest absolute Gasteiger partial charge is 0.479 e. The number of hydrogen-bond donors (Lipinski definition) is 3. The van der Waals surface area contributed by atoms with E-state index in [1.807, 2.05) is 0 Å². The molecule has 0 amide bonds. The van der Waals surface area contributed by atoms with E-state index >= 15 is 0 Å². The molecule has 20 heavy (non-hydrogen) atoms. The van der Waals surface area contributed by atoms with Crippen molar-refractivity contribution in [3.8, 4) is 0 Å². The number of carboxylic acids is 2. The fourth-order valence-corrected chi connectivity index (χ4v) is 1.36. The van der Waals surface area contributed by atoms with Crippen LogP contribution < -0.4 is 0 Å². The number of ether oxygens (including phenoxy) is 3. The third-order valence-electron chi connectivity index (χ3n) is 2.08. The molecule has 0 aliphatic rings. The Bertz CT molecular complexity index is 315. The second kappa shape index (κ2) is 8.85. The number of aliphatic carboxylic acids is 2. The van der Waals surface area contributed by atoms with Gasteiger partial charge >= 0.3 is 11.9 Å². The first-order chi connectivity index (χ1) is 9.18. The minimum absolute atomic E-state index is 0.428. The minimum Gasteiger partial charge on any atom is -0.479 e. The Balaban J connectivity index is 4.92. The van der Waals surface area contributed by atoms with Gasteiger partial charge in [-0.05, 0) is 27.7 Å². The summed E-state index contributed by atoms with van der Waals surface area (Å²) < 4.78 is 15.1. The summed E-state index contributed by atoms with van der Waals surface area (Å²) in [5, 5.41) is 27.2. The number of carbonyl (C=O) groups is 2. The van der Waals surface area contributed by atoms with E-state index in [1.165, 1.54) is 0 Å². The van der Waals surface area contributed by atoms with Crippen LogP contribution in [-0.4, -0.2) is 64.6 Å². The van der Waals surface area contributed by atoms with Crippen molar-refractivity contribution < 1.29 is 39.1 Å². The van der Waals surface area contributed by atoms with Crippen molar-refractivity contribution in [3.05, 3.63) is 0 Å². The predicted molar refractivity (Wildman–Crippen MR) is 67.2 cm³/mol. The van der Waals surface area contributed by atoms with Crippen LogP contribution in [0.25, 0.3) is 0 Å². The van der Waals surface area contributed by atoms with E-state index in [0.29, 0.717) is 0 Å². The smallest absolute Gasteiger partial charge is 0.361 e. The summed E-state index contributed by atoms with van der Waals surface area (Å²) in [5.74, 6) is -2.77. The predicted octanol–water partition coefficient (Wildman–Crippen LogP) is 0.0778. The average Bonchev–Trinajstić information content (AvgIpc) is 2.30. The van der Waals surface area contributed by atoms with Crippen LogP contribution in [0.1, 0.15) is 27.7 Å². The van der Waals surface area contributed by atoms with Crippen LogP contribution in [0, 0.1) is 0 Å². The van der Waals surface area contributed by atoms with Crippen molar-refractivity contribution >= 4 is 11.9 Å². The Hall–Kier alpha value is -1.22. The maximum atomic E-state index is 11.1. The van der Waals surface area contributed by atoms with Gasteiger partial charge in [0.15, 0.2) is 6.10 Å². The molecule has 3 atom stereocenters. The molecule has 0 radical (unpaired) electrons. The van der Waals surface area contributed by atoms with E-state index in [-0.39, 0.29) is 0 Å². The quantitative estimate of drug-likeness (QED) is 0.484. The fourth-order valence-electron chi connectivity index (χ4n) is 1.36. The molecule has 0 fully saturated rings. The summed E-state index contributed by atoms with van der Waals surface area (Å²) in [4.78, 5) is 22.1. The van der Waals surface area contributed by atoms with Gasteiger partial charge in [0, 0.05) is 0 Å². The molecule has 0 aromatic rings. The lowest BCUT2D eigenvalue weighted by Gasteiger charge is -2.27. The molecule has 0 saturated heterocycles. The zero-order valence-electron chi connectivity index (χ0n) is 12.0. The van der Waals surface area contributed by atoms with Crippen LogP contribution in [-0.2, 0) is 23.8 Å². The molecular weight excluding hydrogens is 272 g/mol. The number of aliphatic hydroxyl groups is 1. The van der Waals surface area contributed by atoms with Crippen LogP contribution in [0.3, 0.4) is 0 Å². The third-order valence-corrected chi connectivity index (χ3v) is 2.08. The van der Waals surface area contributed by atoms with Crippen LogP contribution in [0.5, 0.6) is 0 Å². The van der Waals surface area contributed by atoms with Crippen LogP contribution in [0.2, 0.25) is 0 Å². The van der Waals surface area contributed by atoms with Crippen molar-refractivity contribution in [3.63, 3.8) is 0 Å². The van der Waals surface area contributed by atoms with Crippen molar-refractivity contribution in [2.45, 2.75) is 58.4 Å². The summed E-state index contributed by atoms with van der Waals surface area (Å²) in [5.41, 5.74) is 0. The highest BCUT2D eigenvalue weighted by Gasteiger charge is 2.35. The monoisotopic (exact) mass is 294 g/mol. The first kappa shape index (κ1) is 18.8. The highest BCUT2D eigenvalue weighted by molar-refractivity contribution is 5.73. The van der Waals surface area contributed by atoms with Gasteiger partial charge < -0.3 is 29.5 Å². The van der Waals surface area contributed by atoms with Gasteiger partial charge in [0.25, 0.3) is 6.29 Å². The SMILES string of the molecule is CC(C)OC(OC(CO)C(OC(C)C)C(=O)O)C(=O)O. The summed E-state index contributed by atoms with van der Waals surface area (Å²) in [6.07, 6.45) is -5.38. The molecule has 0 aliphatic carbocycles. The van der Waals surface area contributed by atoms with Gasteiger partial charge in [-0.25, -0.2) is 9.59 Å². The summed E-state index contributed by atoms with van der Waals surface area (Å²) in [7, 11) is 0. The second-order valence-corrected chi connectivity index (χ2v) is 4.66. The van der Waals surface area contributed by atoms with Gasteiger partial charge in [-0.3, -0.25) is 0 Å². The van der Waals surface area contributed by atoms with Gasteiger partial charge in [0.2, 0.25) is 0 Å². The Morgan fingerprint density at radius 3 is 1.70 bits per heavy atom. The zero-order valence-corrected chi connectivity index (χ0v) is 12.0. The molecule has 0 spiro atoms. The lowest BCUT2D eigenvalue weighted by atomic mass is 10.2. The molecule has 3 N–H and O–H groups in total. The molecule has 0 aromatic carbocycles. The highest BCUT2D eigenvalue weighted by Crippen LogP contribution is 2.12. The topological polar surface area (TPSA) is 123 Å². The molecule has 8 nitrogen and oxygen atoms in total. The molecule has 3 unspecified atom stereocenters. The number of aliphatic hydroxyl groups excluding tert-OH is 1. The number of hydrogen-bond acceptors (Lipinski definition) is 6. The molecular formula is C12H22O8. The number of rotatable bonds is 10. The van der Waals surface area contributed by atoms with E-state index in [4.69, 9.17) is 24.4 Å². The van der Waals surface area contributed by atoms with E-state index in [1.54, 1.807) is 27.7 Å². The lowest BCUT2D eigenvalue weighted by Crippen LogP contribution is -2.46. The molecule has 0 aromatic heterocycles. The Morgan fingerprint density at radius 1 is 0.900 bits per heavy atom. The molecule has 118 valence electrons. The zero-order chi connectivity index (χ0) is 15.9. The van der Waals surface area contributed by atoms with E-state index in [9.17, 15) is 14.7 Å². The first-order valence-electron chi connectivity index (χ1n) is 6.21. The van der Waals surface area contributed by atoms with Gasteiger partial charge in [-0.15, -0.1) is 0 Å². The highest BCUT2D eigenvalue weighted by atomic mass is 16.7. The summed E-state index contributed by atoms with van der Waals surface area (Å²) >= 11 is 0. The standard InChI is InChI=1S/C12H22O8/c1-6(2)18-9(10(14)15)8(5-13)20-12(11(16)17)19-7(3)4/h6-9,12-13H,5H2,1-4H3,(H,14,15)(H,16,17). The normalized spacial score (nSPS) is 16.1. The lowest BCUT2D eigenvalue weighted by molar-refractivity contribution is -0.232.